The van der Waals surface area contributed by atoms with Gasteiger partial charge in [0.25, 0.3) is 0 Å². The highest BCUT2D eigenvalue weighted by Gasteiger charge is 2.21. The van der Waals surface area contributed by atoms with Gasteiger partial charge in [0.05, 0.1) is 22.1 Å². The molecule has 0 aliphatic heterocycles. The average molecular weight is 869 g/mol. The summed E-state index contributed by atoms with van der Waals surface area (Å²) in [5.41, 5.74) is 13.8. The lowest BCUT2D eigenvalue weighted by Crippen LogP contribution is -1.93. The van der Waals surface area contributed by atoms with Crippen LogP contribution in [0.3, 0.4) is 0 Å². The zero-order valence-corrected chi connectivity index (χ0v) is 37.3. The predicted octanol–water partition coefficient (Wildman–Crippen LogP) is 15.6. The van der Waals surface area contributed by atoms with Gasteiger partial charge < -0.3 is 9.13 Å². The van der Waals surface area contributed by atoms with Crippen LogP contribution in [-0.4, -0.2) is 28.7 Å². The van der Waals surface area contributed by atoms with Crippen LogP contribution in [0.15, 0.2) is 207 Å². The van der Waals surface area contributed by atoms with Crippen molar-refractivity contribution in [1.29, 1.82) is 0 Å². The van der Waals surface area contributed by atoms with Crippen LogP contribution in [0.5, 0.6) is 0 Å². The second kappa shape index (κ2) is 13.8. The maximum Gasteiger partial charge on any atom is 0.101 e. The SMILES string of the molecule is Cn1cc2ccc3c(-c4ccc5c(c4)c4ccccc4n5-c4ccccc4)cc4cc5c(cc(-c6ccc7c(c6)c6ccccc6n7-c6ccccc6)c6ccc7cn(C)nc7c65)cc4c3c2n1. The van der Waals surface area contributed by atoms with Crippen molar-refractivity contribution in [2.75, 3.05) is 0 Å². The van der Waals surface area contributed by atoms with Crippen molar-refractivity contribution in [3.05, 3.63) is 207 Å². The first-order valence-corrected chi connectivity index (χ1v) is 23.3. The van der Waals surface area contributed by atoms with Crippen molar-refractivity contribution in [3.8, 4) is 33.6 Å². The summed E-state index contributed by atoms with van der Waals surface area (Å²) in [5, 5.41) is 26.9. The zero-order valence-electron chi connectivity index (χ0n) is 37.3. The Bertz CT molecular complexity index is 4330. The number of hydrogen-bond donors (Lipinski definition) is 0. The molecule has 11 aromatic carbocycles. The van der Waals surface area contributed by atoms with Gasteiger partial charge in [-0.3, -0.25) is 9.36 Å². The fraction of sp³-hybridized carbons (Fsp3) is 0.0323. The molecule has 0 aliphatic carbocycles. The molecule has 0 unspecified atom stereocenters. The maximum atomic E-state index is 5.17. The van der Waals surface area contributed by atoms with Gasteiger partial charge in [-0.05, 0) is 140 Å². The van der Waals surface area contributed by atoms with Gasteiger partial charge in [-0.2, -0.15) is 10.2 Å². The van der Waals surface area contributed by atoms with E-state index in [1.165, 1.54) is 98.2 Å². The van der Waals surface area contributed by atoms with E-state index in [1.807, 2.05) is 23.5 Å². The molecule has 6 nitrogen and oxygen atoms in total. The highest BCUT2D eigenvalue weighted by molar-refractivity contribution is 6.29. The molecule has 0 atom stereocenters. The third-order valence-electron chi connectivity index (χ3n) is 14.5. The second-order valence-corrected chi connectivity index (χ2v) is 18.4. The predicted molar refractivity (Wildman–Crippen MR) is 285 cm³/mol. The van der Waals surface area contributed by atoms with Crippen LogP contribution < -0.4 is 0 Å². The molecule has 0 bridgehead atoms. The Kier molecular flexibility index (Phi) is 7.54. The van der Waals surface area contributed by atoms with Crippen LogP contribution in [0.1, 0.15) is 0 Å². The Balaban J connectivity index is 1.02. The van der Waals surface area contributed by atoms with Gasteiger partial charge in [0, 0.05) is 81.0 Å². The summed E-state index contributed by atoms with van der Waals surface area (Å²) in [5.74, 6) is 0. The Morgan fingerprint density at radius 1 is 0.309 bits per heavy atom. The van der Waals surface area contributed by atoms with Gasteiger partial charge in [-0.1, -0.05) is 109 Å². The monoisotopic (exact) mass is 868 g/mol. The molecule has 4 aromatic heterocycles. The van der Waals surface area contributed by atoms with Crippen molar-refractivity contribution >= 4 is 109 Å². The van der Waals surface area contributed by atoms with Crippen LogP contribution in [0.25, 0.3) is 142 Å². The molecule has 0 amide bonds. The molecule has 318 valence electrons. The first kappa shape index (κ1) is 37.2. The smallest absolute Gasteiger partial charge is 0.101 e. The first-order valence-electron chi connectivity index (χ1n) is 23.3. The first-order chi connectivity index (χ1) is 33.5. The third-order valence-corrected chi connectivity index (χ3v) is 14.5. The number of nitrogens with zero attached hydrogens (tertiary/aromatic N) is 6. The average Bonchev–Trinajstić information content (AvgIpc) is 4.14. The van der Waals surface area contributed by atoms with E-state index in [0.717, 1.165) is 44.0 Å². The largest absolute Gasteiger partial charge is 0.309 e. The number of para-hydroxylation sites is 4. The summed E-state index contributed by atoms with van der Waals surface area (Å²) in [6.07, 6.45) is 4.26. The van der Waals surface area contributed by atoms with E-state index < -0.39 is 0 Å². The van der Waals surface area contributed by atoms with Crippen LogP contribution in [0, 0.1) is 0 Å². The molecule has 6 heteroatoms. The third kappa shape index (κ3) is 5.22. The number of hydrogen-bond acceptors (Lipinski definition) is 2. The molecule has 0 N–H and O–H groups in total. The number of fused-ring (bicyclic) bond motifs is 16. The van der Waals surface area contributed by atoms with Crippen molar-refractivity contribution < 1.29 is 0 Å². The number of rotatable bonds is 4. The van der Waals surface area contributed by atoms with E-state index in [2.05, 4.69) is 216 Å². The molecule has 0 radical (unpaired) electrons. The molecule has 0 saturated carbocycles. The van der Waals surface area contributed by atoms with Crippen molar-refractivity contribution in [1.82, 2.24) is 28.7 Å². The Labute approximate surface area is 389 Å². The summed E-state index contributed by atoms with van der Waals surface area (Å²) in [7, 11) is 4.04. The normalized spacial score (nSPS) is 12.3. The lowest BCUT2D eigenvalue weighted by molar-refractivity contribution is 0.780. The van der Waals surface area contributed by atoms with Gasteiger partial charge in [0.1, 0.15) is 11.0 Å². The lowest BCUT2D eigenvalue weighted by atomic mass is 9.87. The van der Waals surface area contributed by atoms with Crippen LogP contribution >= 0.6 is 0 Å². The lowest BCUT2D eigenvalue weighted by Gasteiger charge is -2.16. The quantitative estimate of drug-likeness (QED) is 0.131. The minimum absolute atomic E-state index is 1.01. The molecule has 0 fully saturated rings. The Hall–Kier alpha value is -9.00. The highest BCUT2D eigenvalue weighted by atomic mass is 15.2. The standard InChI is InChI=1S/C62H40N6/c1-65-35-39-21-25-47-49(37-23-27-57-53(29-37)45-17-9-11-19-55(45)67(57)43-13-5-3-6-14-43)31-41-34-52-42(33-51(41)59(47)61(39)63-65)32-50(48-26-22-40-36-66(2)64-62(40)60(48)52)38-24-28-58-54(30-38)46-18-10-12-20-56(46)68(58)44-15-7-4-8-16-44/h3-36H,1-2H3. The summed E-state index contributed by atoms with van der Waals surface area (Å²) in [6, 6.07) is 71.7. The number of aromatic nitrogens is 6. The Morgan fingerprint density at radius 3 is 1.18 bits per heavy atom. The van der Waals surface area contributed by atoms with E-state index in [0.29, 0.717) is 0 Å². The van der Waals surface area contributed by atoms with Crippen molar-refractivity contribution in [2.24, 2.45) is 14.1 Å². The van der Waals surface area contributed by atoms with E-state index in [-0.39, 0.29) is 0 Å². The minimum atomic E-state index is 1.01. The van der Waals surface area contributed by atoms with Crippen molar-refractivity contribution in [3.63, 3.8) is 0 Å². The summed E-state index contributed by atoms with van der Waals surface area (Å²) in [4.78, 5) is 0. The van der Waals surface area contributed by atoms with Crippen LogP contribution in [0.4, 0.5) is 0 Å². The molecule has 68 heavy (non-hydrogen) atoms. The molecule has 0 aliphatic rings. The topological polar surface area (TPSA) is 45.5 Å². The molecule has 0 saturated heterocycles. The fourth-order valence-corrected chi connectivity index (χ4v) is 11.6. The van der Waals surface area contributed by atoms with Gasteiger partial charge in [-0.25, -0.2) is 0 Å². The molecule has 4 heterocycles. The van der Waals surface area contributed by atoms with E-state index >= 15 is 0 Å². The highest BCUT2D eigenvalue weighted by Crippen LogP contribution is 2.46. The summed E-state index contributed by atoms with van der Waals surface area (Å²) < 4.78 is 8.66. The molecule has 15 rings (SSSR count). The molecule has 15 aromatic rings. The summed E-state index contributed by atoms with van der Waals surface area (Å²) >= 11 is 0. The second-order valence-electron chi connectivity index (χ2n) is 18.4. The van der Waals surface area contributed by atoms with Gasteiger partial charge in [0.2, 0.25) is 0 Å². The van der Waals surface area contributed by atoms with Crippen LogP contribution in [0.2, 0.25) is 0 Å². The van der Waals surface area contributed by atoms with Gasteiger partial charge in [0.15, 0.2) is 0 Å². The Morgan fingerprint density at radius 2 is 0.721 bits per heavy atom. The summed E-state index contributed by atoms with van der Waals surface area (Å²) in [6.45, 7) is 0. The van der Waals surface area contributed by atoms with Crippen molar-refractivity contribution in [2.45, 2.75) is 0 Å². The van der Waals surface area contributed by atoms with Gasteiger partial charge >= 0.3 is 0 Å². The van der Waals surface area contributed by atoms with Crippen LogP contribution in [-0.2, 0) is 14.1 Å². The van der Waals surface area contributed by atoms with E-state index in [9.17, 15) is 0 Å². The molecular weight excluding hydrogens is 829 g/mol. The zero-order chi connectivity index (χ0) is 44.8. The number of benzene rings is 11. The molecule has 0 spiro atoms. The van der Waals surface area contributed by atoms with Gasteiger partial charge in [-0.15, -0.1) is 0 Å². The number of aryl methyl sites for hydroxylation is 2. The van der Waals surface area contributed by atoms with E-state index in [4.69, 9.17) is 10.2 Å². The molecular formula is C62H40N6. The van der Waals surface area contributed by atoms with E-state index in [1.54, 1.807) is 0 Å². The maximum absolute atomic E-state index is 5.17. The fourth-order valence-electron chi connectivity index (χ4n) is 11.6. The minimum Gasteiger partial charge on any atom is -0.309 e.